The number of alkyl halides is 1. The Morgan fingerprint density at radius 1 is 1.39 bits per heavy atom. The highest BCUT2D eigenvalue weighted by Crippen LogP contribution is 2.23. The smallest absolute Gasteiger partial charge is 0.257 e. The first-order valence-corrected chi connectivity index (χ1v) is 6.01. The molecular formula is C12H16ClNO4. The van der Waals surface area contributed by atoms with Gasteiger partial charge in [-0.2, -0.15) is 0 Å². The SMILES string of the molecule is CN(CCOCCCl)C(=O)c1cc(O)ccc1O. The lowest BCUT2D eigenvalue weighted by molar-refractivity contribution is 0.0708. The van der Waals surface area contributed by atoms with E-state index in [1.165, 1.54) is 23.1 Å². The molecule has 0 atom stereocenters. The van der Waals surface area contributed by atoms with Gasteiger partial charge >= 0.3 is 0 Å². The average Bonchev–Trinajstić information content (AvgIpc) is 2.36. The summed E-state index contributed by atoms with van der Waals surface area (Å²) in [6, 6.07) is 3.82. The Bertz CT molecular complexity index is 411. The van der Waals surface area contributed by atoms with Crippen molar-refractivity contribution >= 4 is 17.5 Å². The van der Waals surface area contributed by atoms with E-state index in [0.29, 0.717) is 25.6 Å². The standard InChI is InChI=1S/C12H16ClNO4/c1-14(5-7-18-6-4-13)12(17)10-8-9(15)2-3-11(10)16/h2-3,8,15-16H,4-7H2,1H3. The van der Waals surface area contributed by atoms with Crippen LogP contribution in [0.25, 0.3) is 0 Å². The Hall–Kier alpha value is -1.46. The van der Waals surface area contributed by atoms with Crippen molar-refractivity contribution in [3.8, 4) is 11.5 Å². The van der Waals surface area contributed by atoms with Crippen LogP contribution in [-0.4, -0.2) is 53.7 Å². The number of hydrogen-bond acceptors (Lipinski definition) is 4. The lowest BCUT2D eigenvalue weighted by Gasteiger charge is -2.17. The number of carbonyl (C=O) groups is 1. The second-order valence-electron chi connectivity index (χ2n) is 3.73. The molecule has 0 saturated carbocycles. The molecule has 2 N–H and O–H groups in total. The molecule has 6 heteroatoms. The molecule has 1 aromatic carbocycles. The zero-order valence-corrected chi connectivity index (χ0v) is 10.9. The summed E-state index contributed by atoms with van der Waals surface area (Å²) >= 11 is 5.45. The zero-order valence-electron chi connectivity index (χ0n) is 10.1. The van der Waals surface area contributed by atoms with E-state index in [1.807, 2.05) is 0 Å². The summed E-state index contributed by atoms with van der Waals surface area (Å²) in [5, 5.41) is 18.8. The maximum absolute atomic E-state index is 12.0. The summed E-state index contributed by atoms with van der Waals surface area (Å²) in [4.78, 5) is 13.4. The molecule has 0 heterocycles. The lowest BCUT2D eigenvalue weighted by atomic mass is 10.1. The fourth-order valence-corrected chi connectivity index (χ4v) is 1.47. The van der Waals surface area contributed by atoms with Gasteiger partial charge in [0.25, 0.3) is 5.91 Å². The molecule has 0 aliphatic heterocycles. The van der Waals surface area contributed by atoms with E-state index in [1.54, 1.807) is 7.05 Å². The first kappa shape index (κ1) is 14.6. The second-order valence-corrected chi connectivity index (χ2v) is 4.11. The third-order valence-corrected chi connectivity index (χ3v) is 2.50. The Labute approximate surface area is 111 Å². The van der Waals surface area contributed by atoms with Crippen LogP contribution in [0.1, 0.15) is 10.4 Å². The molecule has 0 bridgehead atoms. The number of carbonyl (C=O) groups excluding carboxylic acids is 1. The van der Waals surface area contributed by atoms with E-state index < -0.39 is 0 Å². The van der Waals surface area contributed by atoms with Crippen LogP contribution in [0.5, 0.6) is 11.5 Å². The summed E-state index contributed by atoms with van der Waals surface area (Å²) < 4.78 is 5.16. The van der Waals surface area contributed by atoms with Gasteiger partial charge in [-0.15, -0.1) is 11.6 Å². The van der Waals surface area contributed by atoms with Crippen LogP contribution in [0.4, 0.5) is 0 Å². The minimum atomic E-state index is -0.377. The Morgan fingerprint density at radius 2 is 2.11 bits per heavy atom. The maximum Gasteiger partial charge on any atom is 0.257 e. The number of benzene rings is 1. The third kappa shape index (κ3) is 4.09. The molecule has 0 aliphatic rings. The predicted molar refractivity (Wildman–Crippen MR) is 68.3 cm³/mol. The number of phenols is 2. The largest absolute Gasteiger partial charge is 0.508 e. The van der Waals surface area contributed by atoms with Crippen molar-refractivity contribution in [2.24, 2.45) is 0 Å². The minimum Gasteiger partial charge on any atom is -0.508 e. The number of halogens is 1. The molecule has 1 aromatic rings. The van der Waals surface area contributed by atoms with Crippen LogP contribution in [0, 0.1) is 0 Å². The lowest BCUT2D eigenvalue weighted by Crippen LogP contribution is -2.30. The van der Waals surface area contributed by atoms with Gasteiger partial charge in [0.2, 0.25) is 0 Å². The van der Waals surface area contributed by atoms with Crippen LogP contribution >= 0.6 is 11.6 Å². The number of amides is 1. The molecule has 0 aromatic heterocycles. The van der Waals surface area contributed by atoms with E-state index in [9.17, 15) is 15.0 Å². The monoisotopic (exact) mass is 273 g/mol. The summed E-state index contributed by atoms with van der Waals surface area (Å²) in [5.74, 6) is -0.197. The highest BCUT2D eigenvalue weighted by atomic mass is 35.5. The van der Waals surface area contributed by atoms with Gasteiger partial charge in [-0.05, 0) is 18.2 Å². The molecule has 0 spiro atoms. The van der Waals surface area contributed by atoms with E-state index >= 15 is 0 Å². The summed E-state index contributed by atoms with van der Waals surface area (Å²) in [6.45, 7) is 1.18. The van der Waals surface area contributed by atoms with Crippen LogP contribution < -0.4 is 0 Å². The number of phenolic OH excluding ortho intramolecular Hbond substituents is 2. The third-order valence-electron chi connectivity index (χ3n) is 2.35. The number of rotatable bonds is 6. The molecule has 0 radical (unpaired) electrons. The molecule has 0 aliphatic carbocycles. The summed E-state index contributed by atoms with van der Waals surface area (Å²) in [6.07, 6.45) is 0. The highest BCUT2D eigenvalue weighted by molar-refractivity contribution is 6.17. The van der Waals surface area contributed by atoms with Crippen molar-refractivity contribution in [1.29, 1.82) is 0 Å². The van der Waals surface area contributed by atoms with Gasteiger partial charge in [-0.3, -0.25) is 4.79 Å². The van der Waals surface area contributed by atoms with Crippen LogP contribution in [-0.2, 0) is 4.74 Å². The van der Waals surface area contributed by atoms with E-state index in [-0.39, 0.29) is 23.0 Å². The molecular weight excluding hydrogens is 258 g/mol. The fourth-order valence-electron chi connectivity index (χ4n) is 1.36. The molecule has 0 saturated heterocycles. The van der Waals surface area contributed by atoms with Crippen molar-refractivity contribution in [3.63, 3.8) is 0 Å². The molecule has 0 fully saturated rings. The Morgan fingerprint density at radius 3 is 2.78 bits per heavy atom. The van der Waals surface area contributed by atoms with E-state index in [4.69, 9.17) is 16.3 Å². The Balaban J connectivity index is 2.60. The number of hydrogen-bond donors (Lipinski definition) is 2. The minimum absolute atomic E-state index is 0.0647. The van der Waals surface area contributed by atoms with Gasteiger partial charge in [0.1, 0.15) is 11.5 Å². The van der Waals surface area contributed by atoms with Gasteiger partial charge in [-0.25, -0.2) is 0 Å². The quantitative estimate of drug-likeness (QED) is 0.467. The Kier molecular flexibility index (Phi) is 5.74. The molecule has 100 valence electrons. The zero-order chi connectivity index (χ0) is 13.5. The highest BCUT2D eigenvalue weighted by Gasteiger charge is 2.16. The number of nitrogens with zero attached hydrogens (tertiary/aromatic N) is 1. The second kappa shape index (κ2) is 7.08. The van der Waals surface area contributed by atoms with Gasteiger partial charge in [0, 0.05) is 19.5 Å². The predicted octanol–water partition coefficient (Wildman–Crippen LogP) is 1.43. The summed E-state index contributed by atoms with van der Waals surface area (Å²) in [5.41, 5.74) is 0.0647. The first-order chi connectivity index (χ1) is 8.56. The van der Waals surface area contributed by atoms with Crippen molar-refractivity contribution in [3.05, 3.63) is 23.8 Å². The van der Waals surface area contributed by atoms with Gasteiger partial charge in [0.15, 0.2) is 0 Å². The van der Waals surface area contributed by atoms with Gasteiger partial charge in [-0.1, -0.05) is 0 Å². The molecule has 18 heavy (non-hydrogen) atoms. The van der Waals surface area contributed by atoms with Crippen molar-refractivity contribution in [2.75, 3.05) is 32.7 Å². The van der Waals surface area contributed by atoms with Crippen LogP contribution in [0.2, 0.25) is 0 Å². The molecule has 1 rings (SSSR count). The van der Waals surface area contributed by atoms with E-state index in [2.05, 4.69) is 0 Å². The number of aromatic hydroxyl groups is 2. The first-order valence-electron chi connectivity index (χ1n) is 5.47. The topological polar surface area (TPSA) is 70.0 Å². The average molecular weight is 274 g/mol. The molecule has 0 unspecified atom stereocenters. The summed E-state index contributed by atoms with van der Waals surface area (Å²) in [7, 11) is 1.59. The van der Waals surface area contributed by atoms with Crippen molar-refractivity contribution in [1.82, 2.24) is 4.90 Å². The van der Waals surface area contributed by atoms with Crippen LogP contribution in [0.15, 0.2) is 18.2 Å². The maximum atomic E-state index is 12.0. The fraction of sp³-hybridized carbons (Fsp3) is 0.417. The normalized spacial score (nSPS) is 10.3. The van der Waals surface area contributed by atoms with Crippen LogP contribution in [0.3, 0.4) is 0 Å². The molecule has 5 nitrogen and oxygen atoms in total. The van der Waals surface area contributed by atoms with Gasteiger partial charge < -0.3 is 19.8 Å². The molecule has 1 amide bonds. The van der Waals surface area contributed by atoms with Gasteiger partial charge in [0.05, 0.1) is 18.8 Å². The number of ether oxygens (including phenoxy) is 1. The van der Waals surface area contributed by atoms with E-state index in [0.717, 1.165) is 0 Å². The van der Waals surface area contributed by atoms with Crippen molar-refractivity contribution < 1.29 is 19.7 Å². The van der Waals surface area contributed by atoms with Crippen molar-refractivity contribution in [2.45, 2.75) is 0 Å². The number of likely N-dealkylation sites (N-methyl/N-ethyl adjacent to an activating group) is 1.